The Bertz CT molecular complexity index is 1350. The Labute approximate surface area is 204 Å². The van der Waals surface area contributed by atoms with Crippen LogP contribution in [0.4, 0.5) is 23.7 Å². The van der Waals surface area contributed by atoms with Crippen molar-refractivity contribution < 1.29 is 40.7 Å². The van der Waals surface area contributed by atoms with Crippen LogP contribution in [0.2, 0.25) is 0 Å². The second-order valence-corrected chi connectivity index (χ2v) is 11.5. The average Bonchev–Trinajstić information content (AvgIpc) is 3.54. The van der Waals surface area contributed by atoms with Crippen LogP contribution >= 0.6 is 0 Å². The number of alkyl halides is 3. The molecule has 0 N–H and O–H groups in total. The molecule has 4 rings (SSSR count). The molecular weight excluding hydrogens is 503 g/mol. The molecule has 2 heterocycles. The van der Waals surface area contributed by atoms with Crippen molar-refractivity contribution in [2.75, 3.05) is 4.90 Å². The Morgan fingerprint density at radius 1 is 1.08 bits per heavy atom. The van der Waals surface area contributed by atoms with Crippen LogP contribution < -0.4 is 4.90 Å². The summed E-state index contributed by atoms with van der Waals surface area (Å²) < 4.78 is 67.2. The molecule has 9 nitrogen and oxygen atoms in total. The highest BCUT2D eigenvalue weighted by atomic mass is 32.2. The molecule has 0 bridgehead atoms. The first-order chi connectivity index (χ1) is 16.6. The molecule has 2 fully saturated rings. The number of pyridine rings is 1. The van der Waals surface area contributed by atoms with Crippen molar-refractivity contribution in [2.45, 2.75) is 61.7 Å². The maximum Gasteiger partial charge on any atom is 0.501 e. The van der Waals surface area contributed by atoms with E-state index in [-0.39, 0.29) is 17.8 Å². The molecule has 36 heavy (non-hydrogen) atoms. The molecule has 3 amide bonds. The Morgan fingerprint density at radius 2 is 1.69 bits per heavy atom. The van der Waals surface area contributed by atoms with E-state index in [2.05, 4.69) is 4.98 Å². The summed E-state index contributed by atoms with van der Waals surface area (Å²) in [7, 11) is -5.58. The number of esters is 1. The number of halogens is 3. The van der Waals surface area contributed by atoms with Gasteiger partial charge in [-0.2, -0.15) is 13.2 Å². The van der Waals surface area contributed by atoms with Crippen LogP contribution in [0.15, 0.2) is 47.6 Å². The van der Waals surface area contributed by atoms with E-state index in [1.807, 2.05) is 0 Å². The number of carbonyl (C=O) groups excluding carboxylic acids is 3. The third-order valence-electron chi connectivity index (χ3n) is 5.83. The van der Waals surface area contributed by atoms with Crippen molar-refractivity contribution in [1.82, 2.24) is 9.88 Å². The number of rotatable bonds is 5. The van der Waals surface area contributed by atoms with E-state index in [9.17, 15) is 36.0 Å². The number of hydrogen-bond donors (Lipinski definition) is 0. The van der Waals surface area contributed by atoms with Gasteiger partial charge in [0.15, 0.2) is 0 Å². The summed E-state index contributed by atoms with van der Waals surface area (Å²) in [6.45, 7) is 4.99. The molecule has 0 atom stereocenters. The van der Waals surface area contributed by atoms with Crippen molar-refractivity contribution in [3.8, 4) is 0 Å². The smallest absolute Gasteiger partial charge is 0.456 e. The minimum Gasteiger partial charge on any atom is -0.456 e. The second kappa shape index (κ2) is 8.29. The van der Waals surface area contributed by atoms with Gasteiger partial charge in [0.1, 0.15) is 11.1 Å². The van der Waals surface area contributed by atoms with Crippen LogP contribution in [0.3, 0.4) is 0 Å². The van der Waals surface area contributed by atoms with Crippen LogP contribution in [0.25, 0.3) is 0 Å². The van der Waals surface area contributed by atoms with Crippen molar-refractivity contribution in [3.63, 3.8) is 0 Å². The van der Waals surface area contributed by atoms with Gasteiger partial charge < -0.3 is 9.64 Å². The maximum atomic E-state index is 13.3. The van der Waals surface area contributed by atoms with Gasteiger partial charge in [-0.25, -0.2) is 22.9 Å². The SMILES string of the molecule is CC(C)(C)OC(=O)c1cnccc1CN1C(=O)N(c2ccc(S(=O)(=O)C(F)(F)F)cc2)C(=O)C12CC2. The van der Waals surface area contributed by atoms with E-state index in [1.165, 1.54) is 23.4 Å². The Balaban J connectivity index is 1.63. The Hall–Kier alpha value is -3.48. The standard InChI is InChI=1S/C23H22F3N3O6S/c1-21(2,3)35-18(30)17-12-27-11-8-14(17)13-28-20(32)29(19(31)22(28)9-10-22)15-4-6-16(7-5-15)36(33,34)23(24,25)26/h4-8,11-12H,9-10,13H2,1-3H3. The van der Waals surface area contributed by atoms with Gasteiger partial charge in [0, 0.05) is 18.9 Å². The van der Waals surface area contributed by atoms with Gasteiger partial charge in [0.25, 0.3) is 15.7 Å². The number of nitrogens with zero attached hydrogens (tertiary/aromatic N) is 3. The van der Waals surface area contributed by atoms with Crippen LogP contribution in [0, 0.1) is 0 Å². The lowest BCUT2D eigenvalue weighted by Gasteiger charge is -2.24. The molecule has 13 heteroatoms. The van der Waals surface area contributed by atoms with Crippen molar-refractivity contribution >= 4 is 33.4 Å². The fraction of sp³-hybridized carbons (Fsp3) is 0.391. The quantitative estimate of drug-likeness (QED) is 0.431. The molecule has 0 unspecified atom stereocenters. The third-order valence-corrected chi connectivity index (χ3v) is 7.33. The van der Waals surface area contributed by atoms with Crippen LogP contribution in [-0.2, 0) is 25.9 Å². The molecule has 1 spiro atoms. The van der Waals surface area contributed by atoms with Crippen molar-refractivity contribution in [3.05, 3.63) is 53.9 Å². The predicted octanol–water partition coefficient (Wildman–Crippen LogP) is 3.83. The number of amides is 3. The number of sulfone groups is 1. The molecule has 1 aromatic carbocycles. The first kappa shape index (κ1) is 25.6. The monoisotopic (exact) mass is 525 g/mol. The van der Waals surface area contributed by atoms with E-state index in [4.69, 9.17) is 4.74 Å². The number of carbonyl (C=O) groups is 3. The number of aromatic nitrogens is 1. The molecule has 192 valence electrons. The highest BCUT2D eigenvalue weighted by Gasteiger charge is 2.65. The summed E-state index contributed by atoms with van der Waals surface area (Å²) in [6, 6.07) is 4.15. The number of urea groups is 1. The van der Waals surface area contributed by atoms with Gasteiger partial charge in [-0.05, 0) is 69.5 Å². The Kier molecular flexibility index (Phi) is 5.90. The van der Waals surface area contributed by atoms with E-state index in [1.54, 1.807) is 20.8 Å². The fourth-order valence-electron chi connectivity index (χ4n) is 3.92. The van der Waals surface area contributed by atoms with Crippen LogP contribution in [0.5, 0.6) is 0 Å². The van der Waals surface area contributed by atoms with E-state index in [0.29, 0.717) is 30.5 Å². The minimum absolute atomic E-state index is 0.0676. The zero-order valence-corrected chi connectivity index (χ0v) is 20.3. The number of benzene rings is 1. The van der Waals surface area contributed by atoms with E-state index >= 15 is 0 Å². The second-order valence-electron chi connectivity index (χ2n) is 9.52. The minimum atomic E-state index is -5.58. The third kappa shape index (κ3) is 4.31. The number of hydrogen-bond acceptors (Lipinski definition) is 7. The first-order valence-electron chi connectivity index (χ1n) is 10.8. The lowest BCUT2D eigenvalue weighted by molar-refractivity contribution is -0.120. The number of anilines is 1. The molecule has 0 radical (unpaired) electrons. The zero-order chi connectivity index (χ0) is 26.7. The lowest BCUT2D eigenvalue weighted by Crippen LogP contribution is -2.37. The largest absolute Gasteiger partial charge is 0.501 e. The van der Waals surface area contributed by atoms with E-state index in [0.717, 1.165) is 17.0 Å². The maximum absolute atomic E-state index is 13.3. The molecule has 1 aliphatic carbocycles. The summed E-state index contributed by atoms with van der Waals surface area (Å²) >= 11 is 0. The van der Waals surface area contributed by atoms with Crippen molar-refractivity contribution in [1.29, 1.82) is 0 Å². The summed E-state index contributed by atoms with van der Waals surface area (Å²) in [6.07, 6.45) is 3.47. The molecule has 1 aromatic heterocycles. The Morgan fingerprint density at radius 3 is 2.22 bits per heavy atom. The summed E-state index contributed by atoms with van der Waals surface area (Å²) in [5.41, 5.74) is -6.95. The normalized spacial score (nSPS) is 17.6. The molecular formula is C23H22F3N3O6S. The van der Waals surface area contributed by atoms with Gasteiger partial charge in [-0.15, -0.1) is 0 Å². The van der Waals surface area contributed by atoms with Gasteiger partial charge >= 0.3 is 17.5 Å². The lowest BCUT2D eigenvalue weighted by atomic mass is 10.1. The summed E-state index contributed by atoms with van der Waals surface area (Å²) in [5, 5.41) is 0. The molecule has 1 saturated carbocycles. The number of ether oxygens (including phenoxy) is 1. The summed E-state index contributed by atoms with van der Waals surface area (Å²) in [5.74, 6) is -1.22. The van der Waals surface area contributed by atoms with Gasteiger partial charge in [0.2, 0.25) is 0 Å². The van der Waals surface area contributed by atoms with Gasteiger partial charge in [0.05, 0.1) is 16.1 Å². The molecule has 1 saturated heterocycles. The highest BCUT2D eigenvalue weighted by Crippen LogP contribution is 2.50. The molecule has 2 aliphatic rings. The number of imide groups is 1. The van der Waals surface area contributed by atoms with Crippen LogP contribution in [-0.4, -0.2) is 52.9 Å². The average molecular weight is 526 g/mol. The first-order valence-corrected chi connectivity index (χ1v) is 12.3. The highest BCUT2D eigenvalue weighted by molar-refractivity contribution is 7.92. The fourth-order valence-corrected chi connectivity index (χ4v) is 4.68. The topological polar surface area (TPSA) is 114 Å². The van der Waals surface area contributed by atoms with Crippen molar-refractivity contribution in [2.24, 2.45) is 0 Å². The predicted molar refractivity (Wildman–Crippen MR) is 119 cm³/mol. The molecule has 1 aliphatic heterocycles. The summed E-state index contributed by atoms with van der Waals surface area (Å²) in [4.78, 5) is 44.3. The molecule has 2 aromatic rings. The van der Waals surface area contributed by atoms with Gasteiger partial charge in [-0.3, -0.25) is 9.78 Å². The van der Waals surface area contributed by atoms with E-state index < -0.39 is 49.3 Å². The zero-order valence-electron chi connectivity index (χ0n) is 19.5. The van der Waals surface area contributed by atoms with Gasteiger partial charge in [-0.1, -0.05) is 0 Å². The van der Waals surface area contributed by atoms with Crippen LogP contribution in [0.1, 0.15) is 49.5 Å².